The molecule has 6 N–H and O–H groups in total. The van der Waals surface area contributed by atoms with Crippen LogP contribution in [0.25, 0.3) is 0 Å². The molecule has 142 valence electrons. The second kappa shape index (κ2) is 10.4. The van der Waals surface area contributed by atoms with Gasteiger partial charge in [-0.05, 0) is 12.3 Å². The number of carboxylic acids is 3. The smallest absolute Gasteiger partial charge is 0.307 e. The molecule has 0 spiro atoms. The van der Waals surface area contributed by atoms with Crippen molar-refractivity contribution in [2.24, 2.45) is 17.6 Å². The van der Waals surface area contributed by atoms with Crippen LogP contribution in [0, 0.1) is 11.8 Å². The van der Waals surface area contributed by atoms with Gasteiger partial charge in [-0.25, -0.2) is 0 Å². The lowest BCUT2D eigenvalue weighted by molar-refractivity contribution is -0.149. The van der Waals surface area contributed by atoms with Gasteiger partial charge in [-0.15, -0.1) is 0 Å². The maximum absolute atomic E-state index is 12.3. The van der Waals surface area contributed by atoms with E-state index >= 15 is 0 Å². The zero-order valence-electron chi connectivity index (χ0n) is 14.1. The minimum atomic E-state index is -1.41. The third kappa shape index (κ3) is 8.80. The van der Waals surface area contributed by atoms with Crippen LogP contribution in [0.2, 0.25) is 0 Å². The van der Waals surface area contributed by atoms with Gasteiger partial charge in [0.05, 0.1) is 24.4 Å². The SMILES string of the molecule is CC(C)C(NC(=O)C(N)CCC(=O)O)C(=O)CC(CC(=O)O)C(=O)O. The Morgan fingerprint density at radius 1 is 0.960 bits per heavy atom. The second-order valence-electron chi connectivity index (χ2n) is 6.07. The standard InChI is InChI=1S/C15H24N2O8/c1-7(2)13(17-14(23)9(16)3-4-11(19)20)10(18)5-8(15(24)25)6-12(21)22/h7-9,13H,3-6,16H2,1-2H3,(H,17,23)(H,19,20)(H,21,22)(H,24,25). The van der Waals surface area contributed by atoms with Crippen LogP contribution in [0.15, 0.2) is 0 Å². The van der Waals surface area contributed by atoms with Crippen LogP contribution in [0.4, 0.5) is 0 Å². The van der Waals surface area contributed by atoms with Crippen molar-refractivity contribution in [1.82, 2.24) is 5.32 Å². The monoisotopic (exact) mass is 360 g/mol. The second-order valence-corrected chi connectivity index (χ2v) is 6.07. The Hall–Kier alpha value is -2.49. The van der Waals surface area contributed by atoms with Crippen LogP contribution in [0.5, 0.6) is 0 Å². The van der Waals surface area contributed by atoms with Gasteiger partial charge in [-0.2, -0.15) is 0 Å². The molecule has 0 aromatic heterocycles. The minimum absolute atomic E-state index is 0.114. The van der Waals surface area contributed by atoms with Gasteiger partial charge in [-0.3, -0.25) is 24.0 Å². The highest BCUT2D eigenvalue weighted by molar-refractivity contribution is 5.93. The lowest BCUT2D eigenvalue weighted by Crippen LogP contribution is -2.51. The Labute approximate surface area is 144 Å². The highest BCUT2D eigenvalue weighted by Crippen LogP contribution is 2.15. The Bertz CT molecular complexity index is 532. The Balaban J connectivity index is 4.94. The zero-order chi connectivity index (χ0) is 19.7. The van der Waals surface area contributed by atoms with E-state index in [1.807, 2.05) is 0 Å². The molecular formula is C15H24N2O8. The molecule has 0 radical (unpaired) electrons. The van der Waals surface area contributed by atoms with Gasteiger partial charge in [0.15, 0.2) is 5.78 Å². The van der Waals surface area contributed by atoms with E-state index in [-0.39, 0.29) is 18.8 Å². The number of nitrogens with two attached hydrogens (primary N) is 1. The molecule has 0 aliphatic carbocycles. The van der Waals surface area contributed by atoms with Crippen LogP contribution >= 0.6 is 0 Å². The molecule has 10 heteroatoms. The third-order valence-electron chi connectivity index (χ3n) is 3.54. The predicted octanol–water partition coefficient (Wildman–Crippen LogP) is -0.546. The number of carbonyl (C=O) groups is 5. The Kier molecular flexibility index (Phi) is 9.36. The highest BCUT2D eigenvalue weighted by Gasteiger charge is 2.31. The third-order valence-corrected chi connectivity index (χ3v) is 3.54. The normalized spacial score (nSPS) is 14.4. The molecule has 0 saturated heterocycles. The van der Waals surface area contributed by atoms with E-state index in [0.717, 1.165) is 0 Å². The number of carbonyl (C=O) groups excluding carboxylic acids is 2. The average molecular weight is 360 g/mol. The zero-order valence-corrected chi connectivity index (χ0v) is 14.1. The first-order valence-electron chi connectivity index (χ1n) is 7.70. The maximum atomic E-state index is 12.3. The fourth-order valence-corrected chi connectivity index (χ4v) is 2.12. The molecule has 25 heavy (non-hydrogen) atoms. The van der Waals surface area contributed by atoms with Crippen molar-refractivity contribution < 1.29 is 39.3 Å². The molecule has 3 unspecified atom stereocenters. The van der Waals surface area contributed by atoms with Crippen LogP contribution in [-0.2, 0) is 24.0 Å². The van der Waals surface area contributed by atoms with Crippen molar-refractivity contribution in [1.29, 1.82) is 0 Å². The van der Waals surface area contributed by atoms with E-state index in [2.05, 4.69) is 5.32 Å². The summed E-state index contributed by atoms with van der Waals surface area (Å²) in [6.45, 7) is 3.25. The molecule has 0 heterocycles. The van der Waals surface area contributed by atoms with Crippen LogP contribution in [-0.4, -0.2) is 57.0 Å². The van der Waals surface area contributed by atoms with E-state index in [0.29, 0.717) is 0 Å². The lowest BCUT2D eigenvalue weighted by Gasteiger charge is -2.24. The fraction of sp³-hybridized carbons (Fsp3) is 0.667. The van der Waals surface area contributed by atoms with E-state index in [1.165, 1.54) is 0 Å². The molecule has 3 atom stereocenters. The number of hydrogen-bond acceptors (Lipinski definition) is 6. The van der Waals surface area contributed by atoms with Gasteiger partial charge in [-0.1, -0.05) is 13.8 Å². The molecule has 0 saturated carbocycles. The first-order valence-corrected chi connectivity index (χ1v) is 7.70. The van der Waals surface area contributed by atoms with E-state index in [4.69, 9.17) is 21.1 Å². The molecule has 1 amide bonds. The fourth-order valence-electron chi connectivity index (χ4n) is 2.12. The number of Topliss-reactive ketones (excluding diaryl/α,β-unsaturated/α-hetero) is 1. The number of hydrogen-bond donors (Lipinski definition) is 5. The molecule has 0 fully saturated rings. The van der Waals surface area contributed by atoms with Crippen LogP contribution in [0.3, 0.4) is 0 Å². The summed E-state index contributed by atoms with van der Waals surface area (Å²) in [6.07, 6.45) is -1.68. The van der Waals surface area contributed by atoms with Crippen LogP contribution < -0.4 is 11.1 Å². The van der Waals surface area contributed by atoms with Gasteiger partial charge in [0.25, 0.3) is 0 Å². The van der Waals surface area contributed by atoms with Crippen molar-refractivity contribution in [2.45, 2.75) is 51.6 Å². The molecule has 0 aromatic carbocycles. The first-order chi connectivity index (χ1) is 11.5. The number of amides is 1. The van der Waals surface area contributed by atoms with Crippen molar-refractivity contribution in [2.75, 3.05) is 0 Å². The molecule has 0 rings (SSSR count). The molecule has 0 aromatic rings. The maximum Gasteiger partial charge on any atom is 0.307 e. The summed E-state index contributed by atoms with van der Waals surface area (Å²) in [5, 5.41) is 28.7. The Morgan fingerprint density at radius 2 is 1.52 bits per heavy atom. The number of ketones is 1. The highest BCUT2D eigenvalue weighted by atomic mass is 16.4. The predicted molar refractivity (Wildman–Crippen MR) is 84.6 cm³/mol. The average Bonchev–Trinajstić information content (AvgIpc) is 2.47. The summed E-state index contributed by atoms with van der Waals surface area (Å²) in [5.41, 5.74) is 5.57. The van der Waals surface area contributed by atoms with Crippen molar-refractivity contribution >= 4 is 29.6 Å². The van der Waals surface area contributed by atoms with Crippen molar-refractivity contribution in [3.63, 3.8) is 0 Å². The number of nitrogens with one attached hydrogen (secondary N) is 1. The molecular weight excluding hydrogens is 336 g/mol. The largest absolute Gasteiger partial charge is 0.481 e. The summed E-state index contributed by atoms with van der Waals surface area (Å²) < 4.78 is 0. The molecule has 0 aliphatic rings. The number of rotatable bonds is 12. The summed E-state index contributed by atoms with van der Waals surface area (Å²) in [4.78, 5) is 56.5. The van der Waals surface area contributed by atoms with E-state index in [1.54, 1.807) is 13.8 Å². The molecule has 0 bridgehead atoms. The Morgan fingerprint density at radius 3 is 1.92 bits per heavy atom. The molecule has 0 aliphatic heterocycles. The summed E-state index contributed by atoms with van der Waals surface area (Å²) >= 11 is 0. The van der Waals surface area contributed by atoms with Gasteiger partial charge >= 0.3 is 17.9 Å². The molecule has 10 nitrogen and oxygen atoms in total. The van der Waals surface area contributed by atoms with Gasteiger partial charge < -0.3 is 26.4 Å². The first kappa shape index (κ1) is 22.5. The van der Waals surface area contributed by atoms with Gasteiger partial charge in [0.1, 0.15) is 0 Å². The van der Waals surface area contributed by atoms with Crippen molar-refractivity contribution in [3.05, 3.63) is 0 Å². The number of carboxylic acid groups (broad SMARTS) is 3. The summed E-state index contributed by atoms with van der Waals surface area (Å²) in [5.74, 6) is -7.01. The van der Waals surface area contributed by atoms with Gasteiger partial charge in [0.2, 0.25) is 5.91 Å². The van der Waals surface area contributed by atoms with E-state index < -0.39 is 60.4 Å². The summed E-state index contributed by atoms with van der Waals surface area (Å²) in [6, 6.07) is -2.17. The lowest BCUT2D eigenvalue weighted by atomic mass is 9.90. The topological polar surface area (TPSA) is 184 Å². The van der Waals surface area contributed by atoms with E-state index in [9.17, 15) is 24.0 Å². The van der Waals surface area contributed by atoms with Crippen molar-refractivity contribution in [3.8, 4) is 0 Å². The van der Waals surface area contributed by atoms with Gasteiger partial charge in [0, 0.05) is 12.8 Å². The minimum Gasteiger partial charge on any atom is -0.481 e. The summed E-state index contributed by atoms with van der Waals surface area (Å²) in [7, 11) is 0. The quantitative estimate of drug-likeness (QED) is 0.305. The number of aliphatic carboxylic acids is 3. The van der Waals surface area contributed by atoms with Crippen LogP contribution in [0.1, 0.15) is 39.5 Å².